The number of hydrogen-bond acceptors (Lipinski definition) is 4. The van der Waals surface area contributed by atoms with Crippen LogP contribution in [0.5, 0.6) is 5.75 Å². The van der Waals surface area contributed by atoms with Crippen LogP contribution in [0.3, 0.4) is 0 Å². The quantitative estimate of drug-likeness (QED) is 0.533. The van der Waals surface area contributed by atoms with Crippen LogP contribution in [0.2, 0.25) is 0 Å². The number of benzene rings is 3. The van der Waals surface area contributed by atoms with Gasteiger partial charge in [-0.3, -0.25) is 4.90 Å². The monoisotopic (exact) mass is 399 g/mol. The molecule has 0 aliphatic carbocycles. The van der Waals surface area contributed by atoms with Gasteiger partial charge in [0.2, 0.25) is 0 Å². The number of aryl methyl sites for hydroxylation is 1. The van der Waals surface area contributed by atoms with Gasteiger partial charge in [0.1, 0.15) is 18.5 Å². The highest BCUT2D eigenvalue weighted by Gasteiger charge is 2.21. The molecule has 1 aliphatic heterocycles. The summed E-state index contributed by atoms with van der Waals surface area (Å²) in [5.41, 5.74) is 6.84. The van der Waals surface area contributed by atoms with Gasteiger partial charge in [0, 0.05) is 32.2 Å². The Labute approximate surface area is 176 Å². The highest BCUT2D eigenvalue weighted by molar-refractivity contribution is 5.83. The molecule has 0 fully saturated rings. The van der Waals surface area contributed by atoms with E-state index in [0.29, 0.717) is 6.54 Å². The number of β-amino-alcohol motifs (C(OH)–C–C–N with tert-alkyl or cyclic N) is 1. The first-order valence-corrected chi connectivity index (χ1v) is 10.3. The smallest absolute Gasteiger partial charge is 0.127 e. The van der Waals surface area contributed by atoms with Crippen molar-refractivity contribution in [3.05, 3.63) is 84.2 Å². The lowest BCUT2D eigenvalue weighted by Crippen LogP contribution is -2.32. The van der Waals surface area contributed by atoms with Gasteiger partial charge in [0.25, 0.3) is 0 Å². The number of aromatic nitrogens is 2. The Kier molecular flexibility index (Phi) is 4.99. The Balaban J connectivity index is 1.27. The van der Waals surface area contributed by atoms with Crippen molar-refractivity contribution in [1.29, 1.82) is 0 Å². The summed E-state index contributed by atoms with van der Waals surface area (Å²) in [5, 5.41) is 10.6. The van der Waals surface area contributed by atoms with Crippen LogP contribution in [-0.2, 0) is 20.1 Å². The fraction of sp³-hybridized carbons (Fsp3) is 0.240. The van der Waals surface area contributed by atoms with Crippen LogP contribution in [-0.4, -0.2) is 38.8 Å². The fourth-order valence-electron chi connectivity index (χ4n) is 4.19. The molecule has 0 saturated carbocycles. The molecule has 1 aromatic heterocycles. The van der Waals surface area contributed by atoms with Crippen molar-refractivity contribution in [2.24, 2.45) is 7.05 Å². The highest BCUT2D eigenvalue weighted by Crippen LogP contribution is 2.32. The molecule has 5 heteroatoms. The average Bonchev–Trinajstić information content (AvgIpc) is 3.35. The number of aliphatic hydroxyl groups excluding tert-OH is 1. The van der Waals surface area contributed by atoms with Crippen molar-refractivity contribution >= 4 is 11.0 Å². The second kappa shape index (κ2) is 7.94. The molecule has 1 N–H and O–H groups in total. The highest BCUT2D eigenvalue weighted by atomic mass is 16.5. The molecule has 0 saturated heterocycles. The van der Waals surface area contributed by atoms with E-state index in [2.05, 4.69) is 52.3 Å². The normalized spacial score (nSPS) is 14.7. The molecule has 0 bridgehead atoms. The lowest BCUT2D eigenvalue weighted by molar-refractivity contribution is 0.0675. The van der Waals surface area contributed by atoms with Crippen molar-refractivity contribution in [1.82, 2.24) is 14.5 Å². The SMILES string of the molecule is Cn1cnc2ccc(-c3ccccc3OC[C@H](O)CN3Cc4ccccc4C3)cc21. The maximum absolute atomic E-state index is 10.6. The Hall–Kier alpha value is -3.15. The number of hydrogen-bond donors (Lipinski definition) is 1. The van der Waals surface area contributed by atoms with Crippen LogP contribution >= 0.6 is 0 Å². The second-order valence-corrected chi connectivity index (χ2v) is 7.96. The van der Waals surface area contributed by atoms with Gasteiger partial charge < -0.3 is 14.4 Å². The van der Waals surface area contributed by atoms with Gasteiger partial charge in [-0.15, -0.1) is 0 Å². The van der Waals surface area contributed by atoms with E-state index < -0.39 is 6.10 Å². The molecule has 0 unspecified atom stereocenters. The summed E-state index contributed by atoms with van der Waals surface area (Å²) < 4.78 is 8.08. The lowest BCUT2D eigenvalue weighted by atomic mass is 10.0. The van der Waals surface area contributed by atoms with Crippen LogP contribution in [0.25, 0.3) is 22.2 Å². The Morgan fingerprint density at radius 3 is 2.53 bits per heavy atom. The van der Waals surface area contributed by atoms with Crippen molar-refractivity contribution in [2.75, 3.05) is 13.2 Å². The van der Waals surface area contributed by atoms with E-state index in [-0.39, 0.29) is 6.61 Å². The van der Waals surface area contributed by atoms with E-state index in [1.807, 2.05) is 42.2 Å². The summed E-state index contributed by atoms with van der Waals surface area (Å²) in [6, 6.07) is 22.7. The summed E-state index contributed by atoms with van der Waals surface area (Å²) in [6.07, 6.45) is 1.27. The lowest BCUT2D eigenvalue weighted by Gasteiger charge is -2.20. The van der Waals surface area contributed by atoms with Crippen LogP contribution in [0.15, 0.2) is 73.1 Å². The van der Waals surface area contributed by atoms with Gasteiger partial charge in [-0.1, -0.05) is 48.5 Å². The van der Waals surface area contributed by atoms with Gasteiger partial charge in [-0.25, -0.2) is 4.98 Å². The molecule has 0 amide bonds. The molecule has 0 spiro atoms. The zero-order chi connectivity index (χ0) is 20.5. The molecule has 30 heavy (non-hydrogen) atoms. The summed E-state index contributed by atoms with van der Waals surface area (Å²) >= 11 is 0. The van der Waals surface area contributed by atoms with Crippen LogP contribution in [0.4, 0.5) is 0 Å². The molecule has 152 valence electrons. The standard InChI is InChI=1S/C25H25N3O2/c1-27-17-26-23-11-10-18(12-24(23)27)22-8-4-5-9-25(22)30-16-21(29)15-28-13-19-6-2-3-7-20(19)14-28/h2-12,17,21,29H,13-16H2,1H3/t21-/m1/s1. The predicted octanol–water partition coefficient (Wildman–Crippen LogP) is 4.00. The van der Waals surface area contributed by atoms with Gasteiger partial charge in [0.15, 0.2) is 0 Å². The third-order valence-corrected chi connectivity index (χ3v) is 5.73. The maximum Gasteiger partial charge on any atom is 0.127 e. The van der Waals surface area contributed by atoms with E-state index in [1.54, 1.807) is 0 Å². The van der Waals surface area contributed by atoms with Crippen LogP contribution < -0.4 is 4.74 Å². The molecule has 1 aliphatic rings. The van der Waals surface area contributed by atoms with Crippen molar-refractivity contribution in [2.45, 2.75) is 19.2 Å². The molecule has 2 heterocycles. The molecular formula is C25H25N3O2. The summed E-state index contributed by atoms with van der Waals surface area (Å²) in [5.74, 6) is 0.780. The van der Waals surface area contributed by atoms with E-state index in [1.165, 1.54) is 11.1 Å². The number of nitrogens with zero attached hydrogens (tertiary/aromatic N) is 3. The van der Waals surface area contributed by atoms with Crippen LogP contribution in [0.1, 0.15) is 11.1 Å². The van der Waals surface area contributed by atoms with E-state index in [0.717, 1.165) is 41.0 Å². The zero-order valence-corrected chi connectivity index (χ0v) is 17.0. The van der Waals surface area contributed by atoms with Gasteiger partial charge in [0.05, 0.1) is 17.4 Å². The maximum atomic E-state index is 10.6. The van der Waals surface area contributed by atoms with Crippen molar-refractivity contribution in [3.8, 4) is 16.9 Å². The molecular weight excluding hydrogens is 374 g/mol. The minimum atomic E-state index is -0.549. The third-order valence-electron chi connectivity index (χ3n) is 5.73. The Morgan fingerprint density at radius 2 is 1.73 bits per heavy atom. The first kappa shape index (κ1) is 18.9. The van der Waals surface area contributed by atoms with Gasteiger partial charge in [-0.2, -0.15) is 0 Å². The van der Waals surface area contributed by atoms with Crippen molar-refractivity contribution < 1.29 is 9.84 Å². The Morgan fingerprint density at radius 1 is 1.00 bits per heavy atom. The number of rotatable bonds is 6. The van der Waals surface area contributed by atoms with E-state index in [9.17, 15) is 5.11 Å². The number of aliphatic hydroxyl groups is 1. The molecule has 5 nitrogen and oxygen atoms in total. The van der Waals surface area contributed by atoms with Gasteiger partial charge >= 0.3 is 0 Å². The predicted molar refractivity (Wildman–Crippen MR) is 118 cm³/mol. The fourth-order valence-corrected chi connectivity index (χ4v) is 4.19. The number of ether oxygens (including phenoxy) is 1. The minimum Gasteiger partial charge on any atom is -0.490 e. The first-order valence-electron chi connectivity index (χ1n) is 10.3. The summed E-state index contributed by atoms with van der Waals surface area (Å²) in [4.78, 5) is 6.66. The molecule has 4 aromatic rings. The minimum absolute atomic E-state index is 0.262. The van der Waals surface area contributed by atoms with Crippen molar-refractivity contribution in [3.63, 3.8) is 0 Å². The average molecular weight is 399 g/mol. The number of para-hydroxylation sites is 1. The largest absolute Gasteiger partial charge is 0.490 e. The number of fused-ring (bicyclic) bond motifs is 2. The molecule has 1 atom stereocenters. The Bertz CT molecular complexity index is 1160. The van der Waals surface area contributed by atoms with Crippen LogP contribution in [0, 0.1) is 0 Å². The first-order chi connectivity index (χ1) is 14.7. The van der Waals surface area contributed by atoms with Gasteiger partial charge in [-0.05, 0) is 34.9 Å². The summed E-state index contributed by atoms with van der Waals surface area (Å²) in [6.45, 7) is 2.62. The molecule has 5 rings (SSSR count). The molecule has 0 radical (unpaired) electrons. The third kappa shape index (κ3) is 3.70. The summed E-state index contributed by atoms with van der Waals surface area (Å²) in [7, 11) is 1.99. The number of imidazole rings is 1. The van der Waals surface area contributed by atoms with E-state index in [4.69, 9.17) is 4.74 Å². The topological polar surface area (TPSA) is 50.5 Å². The molecule has 3 aromatic carbocycles. The zero-order valence-electron chi connectivity index (χ0n) is 17.0. The second-order valence-electron chi connectivity index (χ2n) is 7.96. The van der Waals surface area contributed by atoms with E-state index >= 15 is 0 Å².